The van der Waals surface area contributed by atoms with Gasteiger partial charge in [0.2, 0.25) is 0 Å². The molecule has 3 aromatic rings. The molecule has 0 atom stereocenters. The Morgan fingerprint density at radius 1 is 1.17 bits per heavy atom. The number of ether oxygens (including phenoxy) is 1. The van der Waals surface area contributed by atoms with Crippen LogP contribution in [0.3, 0.4) is 0 Å². The number of anilines is 1. The number of hydrogen-bond donors (Lipinski definition) is 0. The van der Waals surface area contributed by atoms with Crippen LogP contribution in [0.2, 0.25) is 0 Å². The van der Waals surface area contributed by atoms with Gasteiger partial charge in [-0.1, -0.05) is 11.3 Å². The predicted octanol–water partition coefficient (Wildman–Crippen LogP) is 3.29. The van der Waals surface area contributed by atoms with Gasteiger partial charge in [-0.15, -0.1) is 0 Å². The van der Waals surface area contributed by atoms with Crippen molar-refractivity contribution in [1.82, 2.24) is 19.9 Å². The van der Waals surface area contributed by atoms with E-state index >= 15 is 0 Å². The molecule has 6 nitrogen and oxygen atoms in total. The molecule has 3 aromatic heterocycles. The third-order valence-electron chi connectivity index (χ3n) is 3.76. The summed E-state index contributed by atoms with van der Waals surface area (Å²) in [5.74, 6) is 0. The Morgan fingerprint density at radius 3 is 2.70 bits per heavy atom. The van der Waals surface area contributed by atoms with Crippen molar-refractivity contribution < 1.29 is 4.74 Å². The van der Waals surface area contributed by atoms with Crippen LogP contribution in [0, 0.1) is 0 Å². The molecular formula is C15H14BrN5OS. The number of hydrogen-bond acceptors (Lipinski definition) is 7. The van der Waals surface area contributed by atoms with E-state index in [-0.39, 0.29) is 6.10 Å². The van der Waals surface area contributed by atoms with Gasteiger partial charge in [-0.25, -0.2) is 15.0 Å². The Bertz CT molecular complexity index is 768. The lowest BCUT2D eigenvalue weighted by atomic mass is 10.1. The Labute approximate surface area is 145 Å². The first-order valence-corrected chi connectivity index (χ1v) is 8.98. The molecule has 0 bridgehead atoms. The molecule has 0 aliphatic carbocycles. The lowest BCUT2D eigenvalue weighted by molar-refractivity contribution is 0.156. The first-order chi connectivity index (χ1) is 11.3. The normalized spacial score (nSPS) is 16.0. The van der Waals surface area contributed by atoms with Gasteiger partial charge in [0, 0.05) is 44.5 Å². The number of thiazole rings is 1. The van der Waals surface area contributed by atoms with Gasteiger partial charge in [0.05, 0.1) is 15.4 Å². The first kappa shape index (κ1) is 14.8. The highest BCUT2D eigenvalue weighted by Crippen LogP contribution is 2.30. The summed E-state index contributed by atoms with van der Waals surface area (Å²) < 4.78 is 7.89. The number of fused-ring (bicyclic) bond motifs is 1. The van der Waals surface area contributed by atoms with E-state index in [0.29, 0.717) is 6.01 Å². The van der Waals surface area contributed by atoms with E-state index in [4.69, 9.17) is 4.74 Å². The summed E-state index contributed by atoms with van der Waals surface area (Å²) in [6.07, 6.45) is 9.06. The third kappa shape index (κ3) is 3.28. The van der Waals surface area contributed by atoms with Crippen LogP contribution >= 0.6 is 27.3 Å². The van der Waals surface area contributed by atoms with Gasteiger partial charge in [-0.3, -0.25) is 4.98 Å². The average Bonchev–Trinajstić information content (AvgIpc) is 3.02. The van der Waals surface area contributed by atoms with Crippen LogP contribution in [0.25, 0.3) is 10.2 Å². The maximum Gasteiger partial charge on any atom is 0.316 e. The van der Waals surface area contributed by atoms with Crippen LogP contribution in [0.5, 0.6) is 6.01 Å². The highest BCUT2D eigenvalue weighted by atomic mass is 79.9. The monoisotopic (exact) mass is 391 g/mol. The number of pyridine rings is 1. The van der Waals surface area contributed by atoms with Crippen molar-refractivity contribution >= 4 is 42.6 Å². The lowest BCUT2D eigenvalue weighted by Gasteiger charge is -2.31. The maximum atomic E-state index is 5.86. The zero-order valence-corrected chi connectivity index (χ0v) is 14.6. The lowest BCUT2D eigenvalue weighted by Crippen LogP contribution is -2.38. The molecule has 8 heteroatoms. The molecule has 1 saturated heterocycles. The van der Waals surface area contributed by atoms with Gasteiger partial charge >= 0.3 is 6.01 Å². The van der Waals surface area contributed by atoms with Crippen LogP contribution in [-0.4, -0.2) is 39.1 Å². The topological polar surface area (TPSA) is 64.0 Å². The number of rotatable bonds is 3. The van der Waals surface area contributed by atoms with E-state index in [1.807, 2.05) is 18.5 Å². The van der Waals surface area contributed by atoms with Gasteiger partial charge in [0.1, 0.15) is 11.6 Å². The van der Waals surface area contributed by atoms with Crippen molar-refractivity contribution in [3.8, 4) is 6.01 Å². The fourth-order valence-corrected chi connectivity index (χ4v) is 3.77. The SMILES string of the molecule is Brc1cnc(OC2CCN(c3nc4cnccc4s3)CC2)nc1. The Morgan fingerprint density at radius 2 is 1.96 bits per heavy atom. The van der Waals surface area contributed by atoms with Gasteiger partial charge in [-0.2, -0.15) is 0 Å². The van der Waals surface area contributed by atoms with E-state index in [1.54, 1.807) is 23.7 Å². The fourth-order valence-electron chi connectivity index (χ4n) is 2.58. The number of nitrogens with zero attached hydrogens (tertiary/aromatic N) is 5. The molecule has 4 rings (SSSR count). The van der Waals surface area contributed by atoms with Gasteiger partial charge in [-0.05, 0) is 22.0 Å². The standard InChI is InChI=1S/C15H14BrN5OS/c16-10-7-18-14(19-8-10)22-11-2-5-21(6-3-11)15-20-12-9-17-4-1-13(12)23-15/h1,4,7-9,11H,2-3,5-6H2. The maximum absolute atomic E-state index is 5.86. The molecule has 0 unspecified atom stereocenters. The molecule has 1 fully saturated rings. The average molecular weight is 392 g/mol. The number of piperidine rings is 1. The number of halogens is 1. The first-order valence-electron chi connectivity index (χ1n) is 7.37. The van der Waals surface area contributed by atoms with Crippen molar-refractivity contribution in [2.45, 2.75) is 18.9 Å². The highest BCUT2D eigenvalue weighted by Gasteiger charge is 2.23. The van der Waals surface area contributed by atoms with E-state index in [0.717, 1.165) is 41.1 Å². The minimum atomic E-state index is 0.156. The summed E-state index contributed by atoms with van der Waals surface area (Å²) in [7, 11) is 0. The van der Waals surface area contributed by atoms with Gasteiger partial charge in [0.15, 0.2) is 5.13 Å². The summed E-state index contributed by atoms with van der Waals surface area (Å²) in [6.45, 7) is 1.85. The van der Waals surface area contributed by atoms with E-state index < -0.39 is 0 Å². The summed E-state index contributed by atoms with van der Waals surface area (Å²) in [5.41, 5.74) is 0.967. The highest BCUT2D eigenvalue weighted by molar-refractivity contribution is 9.10. The van der Waals surface area contributed by atoms with Crippen LogP contribution in [0.4, 0.5) is 5.13 Å². The molecule has 23 heavy (non-hydrogen) atoms. The molecule has 1 aliphatic rings. The molecule has 1 aliphatic heterocycles. The smallest absolute Gasteiger partial charge is 0.316 e. The van der Waals surface area contributed by atoms with Gasteiger partial charge in [0.25, 0.3) is 0 Å². The molecule has 0 spiro atoms. The van der Waals surface area contributed by atoms with Crippen LogP contribution in [0.15, 0.2) is 35.3 Å². The molecule has 0 N–H and O–H groups in total. The second-order valence-corrected chi connectivity index (χ2v) is 7.25. The second kappa shape index (κ2) is 6.37. The summed E-state index contributed by atoms with van der Waals surface area (Å²) in [5, 5.41) is 1.06. The minimum absolute atomic E-state index is 0.156. The van der Waals surface area contributed by atoms with E-state index in [9.17, 15) is 0 Å². The molecule has 118 valence electrons. The predicted molar refractivity (Wildman–Crippen MR) is 93.0 cm³/mol. The third-order valence-corrected chi connectivity index (χ3v) is 5.27. The Kier molecular flexibility index (Phi) is 4.09. The fraction of sp³-hybridized carbons (Fsp3) is 0.333. The van der Waals surface area contributed by atoms with Crippen LogP contribution in [0.1, 0.15) is 12.8 Å². The Hall–Kier alpha value is -1.80. The molecular weight excluding hydrogens is 378 g/mol. The summed E-state index contributed by atoms with van der Waals surface area (Å²) in [6, 6.07) is 2.45. The van der Waals surface area contributed by atoms with Crippen molar-refractivity contribution in [2.24, 2.45) is 0 Å². The van der Waals surface area contributed by atoms with E-state index in [2.05, 4.69) is 40.8 Å². The molecule has 4 heterocycles. The quantitative estimate of drug-likeness (QED) is 0.682. The number of aromatic nitrogens is 4. The zero-order valence-electron chi connectivity index (χ0n) is 12.2. The summed E-state index contributed by atoms with van der Waals surface area (Å²) in [4.78, 5) is 19.4. The molecule has 0 aromatic carbocycles. The van der Waals surface area contributed by atoms with Crippen LogP contribution < -0.4 is 9.64 Å². The van der Waals surface area contributed by atoms with Crippen molar-refractivity contribution in [2.75, 3.05) is 18.0 Å². The second-order valence-electron chi connectivity index (χ2n) is 5.33. The zero-order chi connectivity index (χ0) is 15.6. The van der Waals surface area contributed by atoms with Crippen molar-refractivity contribution in [1.29, 1.82) is 0 Å². The largest absolute Gasteiger partial charge is 0.460 e. The molecule has 0 radical (unpaired) electrons. The van der Waals surface area contributed by atoms with Crippen molar-refractivity contribution in [3.63, 3.8) is 0 Å². The van der Waals surface area contributed by atoms with E-state index in [1.165, 1.54) is 4.70 Å². The molecule has 0 amide bonds. The Balaban J connectivity index is 1.39. The van der Waals surface area contributed by atoms with Crippen LogP contribution in [-0.2, 0) is 0 Å². The molecule has 0 saturated carbocycles. The minimum Gasteiger partial charge on any atom is -0.460 e. The summed E-state index contributed by atoms with van der Waals surface area (Å²) >= 11 is 5.04. The van der Waals surface area contributed by atoms with Gasteiger partial charge < -0.3 is 9.64 Å². The van der Waals surface area contributed by atoms with Crippen molar-refractivity contribution in [3.05, 3.63) is 35.3 Å².